The highest BCUT2D eigenvalue weighted by molar-refractivity contribution is 9.10. The number of nitrogens with zero attached hydrogens (tertiary/aromatic N) is 2. The summed E-state index contributed by atoms with van der Waals surface area (Å²) in [5, 5.41) is 21.2. The molecule has 0 amide bonds. The number of hydrogen-bond donors (Lipinski definition) is 2. The van der Waals surface area contributed by atoms with Crippen LogP contribution in [0.4, 0.5) is 5.69 Å². The third-order valence-corrected chi connectivity index (χ3v) is 5.77. The molecule has 0 saturated carbocycles. The Morgan fingerprint density at radius 1 is 1.07 bits per heavy atom. The summed E-state index contributed by atoms with van der Waals surface area (Å²) in [6.07, 6.45) is 1.61. The lowest BCUT2D eigenvalue weighted by Crippen LogP contribution is -1.86. The van der Waals surface area contributed by atoms with Crippen molar-refractivity contribution >= 4 is 49.4 Å². The second-order valence-corrected chi connectivity index (χ2v) is 8.02. The highest BCUT2D eigenvalue weighted by Crippen LogP contribution is 2.37. The maximum atomic E-state index is 10.3. The van der Waals surface area contributed by atoms with Crippen molar-refractivity contribution in [1.82, 2.24) is 4.98 Å². The first kappa shape index (κ1) is 17.7. The lowest BCUT2D eigenvalue weighted by atomic mass is 10.1. The molecule has 0 aliphatic carbocycles. The van der Waals surface area contributed by atoms with Crippen LogP contribution in [-0.2, 0) is 0 Å². The Morgan fingerprint density at radius 2 is 1.89 bits per heavy atom. The van der Waals surface area contributed by atoms with Crippen molar-refractivity contribution in [2.24, 2.45) is 4.99 Å². The van der Waals surface area contributed by atoms with Gasteiger partial charge in [-0.1, -0.05) is 12.1 Å². The number of hydrogen-bond acceptors (Lipinski definition) is 5. The van der Waals surface area contributed by atoms with E-state index in [4.69, 9.17) is 0 Å². The molecular formula is C21H15BrN2O2S. The molecule has 0 saturated heterocycles. The van der Waals surface area contributed by atoms with Crippen LogP contribution in [0.5, 0.6) is 11.5 Å². The Labute approximate surface area is 168 Å². The third kappa shape index (κ3) is 3.59. The Bertz CT molecular complexity index is 1150. The summed E-state index contributed by atoms with van der Waals surface area (Å²) < 4.78 is 1.69. The number of aliphatic imine (C=N–C) groups is 1. The molecule has 2 N–H and O–H groups in total. The van der Waals surface area contributed by atoms with E-state index in [0.717, 1.165) is 20.8 Å². The van der Waals surface area contributed by atoms with Crippen LogP contribution in [0.15, 0.2) is 64.1 Å². The van der Waals surface area contributed by atoms with Gasteiger partial charge in [-0.25, -0.2) is 4.98 Å². The zero-order valence-electron chi connectivity index (χ0n) is 14.3. The molecule has 4 rings (SSSR count). The van der Waals surface area contributed by atoms with Crippen molar-refractivity contribution in [2.45, 2.75) is 6.92 Å². The number of aryl methyl sites for hydroxylation is 1. The number of aromatic hydroxyl groups is 2. The first-order valence-electron chi connectivity index (χ1n) is 8.23. The molecule has 4 aromatic rings. The van der Waals surface area contributed by atoms with Gasteiger partial charge in [-0.3, -0.25) is 4.99 Å². The molecule has 4 nitrogen and oxygen atoms in total. The van der Waals surface area contributed by atoms with E-state index in [1.807, 2.05) is 43.3 Å². The molecule has 0 spiro atoms. The second-order valence-electron chi connectivity index (χ2n) is 6.13. The van der Waals surface area contributed by atoms with Gasteiger partial charge in [0.15, 0.2) is 0 Å². The third-order valence-electron chi connectivity index (χ3n) is 4.09. The average molecular weight is 439 g/mol. The minimum atomic E-state index is 0.148. The van der Waals surface area contributed by atoms with Gasteiger partial charge in [-0.2, -0.15) is 0 Å². The van der Waals surface area contributed by atoms with Crippen LogP contribution >= 0.6 is 27.3 Å². The van der Waals surface area contributed by atoms with Gasteiger partial charge in [-0.05, 0) is 70.9 Å². The molecule has 0 aliphatic heterocycles. The van der Waals surface area contributed by atoms with Gasteiger partial charge in [0.1, 0.15) is 16.5 Å². The quantitative estimate of drug-likeness (QED) is 0.374. The molecule has 1 aromatic heterocycles. The fraction of sp³-hybridized carbons (Fsp3) is 0.0476. The zero-order chi connectivity index (χ0) is 19.0. The highest BCUT2D eigenvalue weighted by Gasteiger charge is 2.11. The molecule has 0 aliphatic rings. The van der Waals surface area contributed by atoms with E-state index in [-0.39, 0.29) is 11.5 Å². The van der Waals surface area contributed by atoms with Crippen LogP contribution < -0.4 is 0 Å². The number of phenolic OH excluding ortho intramolecular Hbond substituents is 2. The normalized spacial score (nSPS) is 11.5. The standard InChI is InChI=1S/C21H15BrN2O2S/c1-12-8-13(20(26)16(22)9-12)11-23-14-6-7-18(25)15(10-14)21-24-17-4-2-3-5-19(17)27-21/h2-11,25-26H,1H3. The van der Waals surface area contributed by atoms with Gasteiger partial charge < -0.3 is 10.2 Å². The monoisotopic (exact) mass is 438 g/mol. The number of aromatic nitrogens is 1. The Kier molecular flexibility index (Phi) is 4.68. The largest absolute Gasteiger partial charge is 0.507 e. The molecule has 0 fully saturated rings. The van der Waals surface area contributed by atoms with Crippen LogP contribution in [-0.4, -0.2) is 21.4 Å². The molecule has 27 heavy (non-hydrogen) atoms. The fourth-order valence-electron chi connectivity index (χ4n) is 2.77. The first-order chi connectivity index (χ1) is 13.0. The first-order valence-corrected chi connectivity index (χ1v) is 9.84. The number of para-hydroxylation sites is 1. The average Bonchev–Trinajstić information content (AvgIpc) is 3.08. The molecule has 0 atom stereocenters. The van der Waals surface area contributed by atoms with Crippen molar-refractivity contribution in [1.29, 1.82) is 0 Å². The Morgan fingerprint density at radius 3 is 2.70 bits per heavy atom. The van der Waals surface area contributed by atoms with Crippen LogP contribution in [0.3, 0.4) is 0 Å². The maximum Gasteiger partial charge on any atom is 0.138 e. The summed E-state index contributed by atoms with van der Waals surface area (Å²) in [6.45, 7) is 1.95. The van der Waals surface area contributed by atoms with E-state index >= 15 is 0 Å². The van der Waals surface area contributed by atoms with Gasteiger partial charge in [0.2, 0.25) is 0 Å². The van der Waals surface area contributed by atoms with Crippen molar-refractivity contribution in [3.63, 3.8) is 0 Å². The smallest absolute Gasteiger partial charge is 0.138 e. The maximum absolute atomic E-state index is 10.3. The Balaban J connectivity index is 1.72. The van der Waals surface area contributed by atoms with Crippen molar-refractivity contribution in [2.75, 3.05) is 0 Å². The summed E-state index contributed by atoms with van der Waals surface area (Å²) in [4.78, 5) is 9.06. The molecular weight excluding hydrogens is 424 g/mol. The number of phenols is 2. The van der Waals surface area contributed by atoms with Gasteiger partial charge in [-0.15, -0.1) is 11.3 Å². The van der Waals surface area contributed by atoms with Gasteiger partial charge in [0, 0.05) is 11.8 Å². The van der Waals surface area contributed by atoms with Crippen LogP contribution in [0, 0.1) is 6.92 Å². The number of thiazole rings is 1. The molecule has 0 unspecified atom stereocenters. The van der Waals surface area contributed by atoms with Gasteiger partial charge >= 0.3 is 0 Å². The van der Waals surface area contributed by atoms with E-state index < -0.39 is 0 Å². The summed E-state index contributed by atoms with van der Waals surface area (Å²) in [5.74, 6) is 0.309. The molecule has 1 heterocycles. The van der Waals surface area contributed by atoms with Crippen LogP contribution in [0.2, 0.25) is 0 Å². The zero-order valence-corrected chi connectivity index (χ0v) is 16.8. The topological polar surface area (TPSA) is 65.7 Å². The molecule has 6 heteroatoms. The fourth-order valence-corrected chi connectivity index (χ4v) is 4.35. The summed E-state index contributed by atoms with van der Waals surface area (Å²) in [6, 6.07) is 16.7. The molecule has 134 valence electrons. The predicted octanol–water partition coefficient (Wildman–Crippen LogP) is 6.20. The predicted molar refractivity (Wildman–Crippen MR) is 115 cm³/mol. The summed E-state index contributed by atoms with van der Waals surface area (Å²) in [5.41, 5.74) is 3.85. The second kappa shape index (κ2) is 7.13. The van der Waals surface area contributed by atoms with E-state index in [1.54, 1.807) is 24.4 Å². The van der Waals surface area contributed by atoms with Crippen molar-refractivity contribution in [3.8, 4) is 22.1 Å². The molecule has 0 bridgehead atoms. The van der Waals surface area contributed by atoms with Gasteiger partial charge in [0.25, 0.3) is 0 Å². The number of fused-ring (bicyclic) bond motifs is 1. The number of benzene rings is 3. The van der Waals surface area contributed by atoms with Crippen LogP contribution in [0.25, 0.3) is 20.8 Å². The van der Waals surface area contributed by atoms with Gasteiger partial charge in [0.05, 0.1) is 25.9 Å². The van der Waals surface area contributed by atoms with Crippen molar-refractivity contribution in [3.05, 3.63) is 70.2 Å². The highest BCUT2D eigenvalue weighted by atomic mass is 79.9. The Hall–Kier alpha value is -2.70. The SMILES string of the molecule is Cc1cc(Br)c(O)c(C=Nc2ccc(O)c(-c3nc4ccccc4s3)c2)c1. The lowest BCUT2D eigenvalue weighted by molar-refractivity contribution is 0.471. The molecule has 0 radical (unpaired) electrons. The minimum absolute atomic E-state index is 0.148. The van der Waals surface area contributed by atoms with E-state index in [0.29, 0.717) is 21.3 Å². The van der Waals surface area contributed by atoms with E-state index in [2.05, 4.69) is 25.9 Å². The lowest BCUT2D eigenvalue weighted by Gasteiger charge is -2.05. The van der Waals surface area contributed by atoms with E-state index in [9.17, 15) is 10.2 Å². The summed E-state index contributed by atoms with van der Waals surface area (Å²) >= 11 is 4.86. The minimum Gasteiger partial charge on any atom is -0.507 e. The van der Waals surface area contributed by atoms with Crippen LogP contribution in [0.1, 0.15) is 11.1 Å². The van der Waals surface area contributed by atoms with Crippen molar-refractivity contribution < 1.29 is 10.2 Å². The number of halogens is 1. The summed E-state index contributed by atoms with van der Waals surface area (Å²) in [7, 11) is 0. The van der Waals surface area contributed by atoms with E-state index in [1.165, 1.54) is 11.3 Å². The number of rotatable bonds is 3. The molecule has 3 aromatic carbocycles.